The van der Waals surface area contributed by atoms with E-state index in [4.69, 9.17) is 9.47 Å². The molecule has 0 radical (unpaired) electrons. The first-order valence-corrected chi connectivity index (χ1v) is 10.5. The molecule has 0 saturated carbocycles. The molecule has 7 heteroatoms. The van der Waals surface area contributed by atoms with Crippen molar-refractivity contribution in [2.45, 2.75) is 25.9 Å². The van der Waals surface area contributed by atoms with Crippen molar-refractivity contribution in [3.05, 3.63) is 83.4 Å². The number of fused-ring (bicyclic) bond motifs is 1. The maximum absolute atomic E-state index is 13.2. The Labute approximate surface area is 187 Å². The molecule has 32 heavy (non-hydrogen) atoms. The van der Waals surface area contributed by atoms with Crippen LogP contribution in [0.1, 0.15) is 34.5 Å². The average molecular weight is 431 g/mol. The van der Waals surface area contributed by atoms with Gasteiger partial charge in [-0.1, -0.05) is 29.5 Å². The zero-order chi connectivity index (χ0) is 22.5. The van der Waals surface area contributed by atoms with Crippen LogP contribution < -0.4 is 14.8 Å². The molecule has 0 saturated heterocycles. The molecule has 1 N–H and O–H groups in total. The number of carbonyl (C=O) groups is 1. The monoisotopic (exact) mass is 430 g/mol. The highest BCUT2D eigenvalue weighted by Gasteiger charge is 2.18. The zero-order valence-corrected chi connectivity index (χ0v) is 18.4. The number of ether oxygens (including phenoxy) is 2. The summed E-state index contributed by atoms with van der Waals surface area (Å²) >= 11 is 0. The number of aryl methyl sites for hydroxylation is 1. The van der Waals surface area contributed by atoms with Gasteiger partial charge < -0.3 is 14.8 Å². The van der Waals surface area contributed by atoms with Gasteiger partial charge in [0.05, 0.1) is 25.8 Å². The summed E-state index contributed by atoms with van der Waals surface area (Å²) in [6.07, 6.45) is 0.635. The molecule has 1 aromatic heterocycles. The summed E-state index contributed by atoms with van der Waals surface area (Å²) < 4.78 is 12.3. The Balaban J connectivity index is 1.60. The van der Waals surface area contributed by atoms with Crippen LogP contribution in [0, 0.1) is 0 Å². The molecule has 0 fully saturated rings. The summed E-state index contributed by atoms with van der Waals surface area (Å²) in [6.45, 7) is 2.73. The number of hydrogen-bond acceptors (Lipinski definition) is 5. The molecule has 0 bridgehead atoms. The minimum absolute atomic E-state index is 0.160. The van der Waals surface area contributed by atoms with Crippen LogP contribution in [0.15, 0.2) is 66.7 Å². The summed E-state index contributed by atoms with van der Waals surface area (Å²) in [6, 6.07) is 20.9. The fraction of sp³-hybridized carbons (Fsp3) is 0.240. The van der Waals surface area contributed by atoms with Gasteiger partial charge in [0.2, 0.25) is 0 Å². The van der Waals surface area contributed by atoms with Crippen LogP contribution in [0.4, 0.5) is 0 Å². The summed E-state index contributed by atoms with van der Waals surface area (Å²) in [7, 11) is 3.28. The van der Waals surface area contributed by atoms with Gasteiger partial charge in [0.1, 0.15) is 17.0 Å². The predicted molar refractivity (Wildman–Crippen MR) is 123 cm³/mol. The molecule has 1 heterocycles. The van der Waals surface area contributed by atoms with E-state index in [9.17, 15) is 4.79 Å². The van der Waals surface area contributed by atoms with Crippen molar-refractivity contribution in [2.24, 2.45) is 0 Å². The summed E-state index contributed by atoms with van der Waals surface area (Å²) in [5.41, 5.74) is 4.25. The maximum atomic E-state index is 13.2. The van der Waals surface area contributed by atoms with E-state index in [1.54, 1.807) is 25.0 Å². The number of nitrogens with zero attached hydrogens (tertiary/aromatic N) is 3. The summed E-state index contributed by atoms with van der Waals surface area (Å²) in [4.78, 5) is 13.2. The van der Waals surface area contributed by atoms with Gasteiger partial charge in [-0.15, -0.1) is 5.10 Å². The lowest BCUT2D eigenvalue weighted by molar-refractivity contribution is 0.0936. The van der Waals surface area contributed by atoms with Crippen molar-refractivity contribution in [2.75, 3.05) is 14.2 Å². The second kappa shape index (κ2) is 9.51. The van der Waals surface area contributed by atoms with Crippen molar-refractivity contribution < 1.29 is 14.3 Å². The Bertz CT molecular complexity index is 1200. The van der Waals surface area contributed by atoms with Gasteiger partial charge >= 0.3 is 0 Å². The van der Waals surface area contributed by atoms with Gasteiger partial charge in [-0.2, -0.15) is 0 Å². The molecule has 1 amide bonds. The molecular formula is C25H26N4O3. The van der Waals surface area contributed by atoms with Crippen molar-refractivity contribution in [3.8, 4) is 11.5 Å². The number of methoxy groups -OCH3 is 2. The number of nitrogens with one attached hydrogen (secondary N) is 1. The van der Waals surface area contributed by atoms with E-state index in [-0.39, 0.29) is 11.9 Å². The molecule has 0 aliphatic heterocycles. The Morgan fingerprint density at radius 1 is 0.969 bits per heavy atom. The second-order valence-corrected chi connectivity index (χ2v) is 7.46. The van der Waals surface area contributed by atoms with E-state index in [2.05, 4.69) is 15.6 Å². The van der Waals surface area contributed by atoms with E-state index in [1.165, 1.54) is 0 Å². The lowest BCUT2D eigenvalue weighted by Gasteiger charge is -2.20. The molecule has 4 rings (SSSR count). The molecule has 0 spiro atoms. The number of rotatable bonds is 8. The van der Waals surface area contributed by atoms with E-state index in [1.807, 2.05) is 67.6 Å². The Morgan fingerprint density at radius 2 is 1.62 bits per heavy atom. The van der Waals surface area contributed by atoms with E-state index >= 15 is 0 Å². The smallest absolute Gasteiger partial charge is 0.251 e. The summed E-state index contributed by atoms with van der Waals surface area (Å²) in [5, 5.41) is 11.5. The lowest BCUT2D eigenvalue weighted by Crippen LogP contribution is -2.30. The second-order valence-electron chi connectivity index (χ2n) is 7.46. The Morgan fingerprint density at radius 3 is 2.25 bits per heavy atom. The number of hydrogen-bond donors (Lipinski definition) is 1. The van der Waals surface area contributed by atoms with Crippen LogP contribution in [0.25, 0.3) is 11.0 Å². The first-order chi connectivity index (χ1) is 15.6. The minimum atomic E-state index is -0.219. The van der Waals surface area contributed by atoms with Gasteiger partial charge in [-0.3, -0.25) is 4.79 Å². The molecule has 1 atom stereocenters. The van der Waals surface area contributed by atoms with Crippen LogP contribution in [0.5, 0.6) is 11.5 Å². The Hall–Kier alpha value is -3.87. The molecule has 0 aliphatic carbocycles. The first-order valence-electron chi connectivity index (χ1n) is 10.5. The standard InChI is InChI=1S/C25H26N4O3/c1-4-29-24-14-9-19(16-23(24)27-28-29)25(30)26-22(18-7-12-21(32-3)13-8-18)15-17-5-10-20(31-2)11-6-17/h5-14,16,22H,4,15H2,1-3H3,(H,26,30)/t22-/m0/s1. The molecule has 3 aromatic carbocycles. The van der Waals surface area contributed by atoms with Gasteiger partial charge in [-0.25, -0.2) is 4.68 Å². The van der Waals surface area contributed by atoms with Crippen molar-refractivity contribution in [1.29, 1.82) is 0 Å². The van der Waals surface area contributed by atoms with Crippen molar-refractivity contribution >= 4 is 16.9 Å². The highest BCUT2D eigenvalue weighted by atomic mass is 16.5. The molecule has 4 aromatic rings. The van der Waals surface area contributed by atoms with Crippen LogP contribution in [-0.4, -0.2) is 35.1 Å². The van der Waals surface area contributed by atoms with Crippen LogP contribution >= 0.6 is 0 Å². The fourth-order valence-electron chi connectivity index (χ4n) is 3.67. The molecule has 164 valence electrons. The lowest BCUT2D eigenvalue weighted by atomic mass is 9.98. The van der Waals surface area contributed by atoms with Crippen LogP contribution in [-0.2, 0) is 13.0 Å². The minimum Gasteiger partial charge on any atom is -0.497 e. The number of aromatic nitrogens is 3. The maximum Gasteiger partial charge on any atom is 0.251 e. The average Bonchev–Trinajstić information content (AvgIpc) is 3.26. The van der Waals surface area contributed by atoms with Gasteiger partial charge in [0, 0.05) is 12.1 Å². The highest BCUT2D eigenvalue weighted by molar-refractivity contribution is 5.97. The first kappa shape index (κ1) is 21.4. The summed E-state index contributed by atoms with van der Waals surface area (Å²) in [5.74, 6) is 1.41. The Kier molecular flexibility index (Phi) is 6.35. The number of amides is 1. The normalized spacial score (nSPS) is 11.8. The van der Waals surface area contributed by atoms with Crippen molar-refractivity contribution in [1.82, 2.24) is 20.3 Å². The van der Waals surface area contributed by atoms with Crippen molar-refractivity contribution in [3.63, 3.8) is 0 Å². The number of benzene rings is 3. The van der Waals surface area contributed by atoms with Crippen LogP contribution in [0.2, 0.25) is 0 Å². The van der Waals surface area contributed by atoms with E-state index in [0.717, 1.165) is 34.7 Å². The number of carbonyl (C=O) groups excluding carboxylic acids is 1. The van der Waals surface area contributed by atoms with E-state index in [0.29, 0.717) is 17.5 Å². The third-order valence-corrected chi connectivity index (χ3v) is 5.50. The molecule has 0 unspecified atom stereocenters. The molecular weight excluding hydrogens is 404 g/mol. The fourth-order valence-corrected chi connectivity index (χ4v) is 3.67. The third kappa shape index (κ3) is 4.56. The van der Waals surface area contributed by atoms with Gasteiger partial charge in [-0.05, 0) is 66.9 Å². The van der Waals surface area contributed by atoms with E-state index < -0.39 is 0 Å². The molecule has 0 aliphatic rings. The van der Waals surface area contributed by atoms with Gasteiger partial charge in [0.15, 0.2) is 0 Å². The third-order valence-electron chi connectivity index (χ3n) is 5.50. The SMILES string of the molecule is CCn1nnc2cc(C(=O)N[C@@H](Cc3ccc(OC)cc3)c3ccc(OC)cc3)ccc21. The predicted octanol–water partition coefficient (Wildman–Crippen LogP) is 4.18. The highest BCUT2D eigenvalue weighted by Crippen LogP contribution is 2.24. The quantitative estimate of drug-likeness (QED) is 0.454. The molecule has 7 nitrogen and oxygen atoms in total. The van der Waals surface area contributed by atoms with Crippen LogP contribution in [0.3, 0.4) is 0 Å². The largest absolute Gasteiger partial charge is 0.497 e. The zero-order valence-electron chi connectivity index (χ0n) is 18.4. The topological polar surface area (TPSA) is 78.3 Å². The van der Waals surface area contributed by atoms with Gasteiger partial charge in [0.25, 0.3) is 5.91 Å².